The van der Waals surface area contributed by atoms with Gasteiger partial charge in [-0.3, -0.25) is 0 Å². The third kappa shape index (κ3) is 2.07. The molecular weight excluding hydrogens is 274 g/mol. The van der Waals surface area contributed by atoms with Crippen molar-refractivity contribution in [2.75, 3.05) is 0 Å². The van der Waals surface area contributed by atoms with Crippen LogP contribution in [0.15, 0.2) is 69.9 Å². The van der Waals surface area contributed by atoms with Crippen molar-refractivity contribution in [3.8, 4) is 11.3 Å². The zero-order chi connectivity index (χ0) is 15.1. The number of aromatic nitrogens is 1. The molecule has 3 heteroatoms. The first-order chi connectivity index (χ1) is 10.7. The standard InChI is InChI=1S/C19H13NO2/c1-12-7-8-16-14(9-12)10-15-17(20-16)11-18(22-19(15)21)13-5-3-2-4-6-13/h2-11H,1H3. The molecule has 106 valence electrons. The zero-order valence-electron chi connectivity index (χ0n) is 12.0. The number of rotatable bonds is 1. The van der Waals surface area contributed by atoms with Crippen molar-refractivity contribution < 1.29 is 4.42 Å². The lowest BCUT2D eigenvalue weighted by atomic mass is 10.1. The van der Waals surface area contributed by atoms with Gasteiger partial charge >= 0.3 is 5.63 Å². The van der Waals surface area contributed by atoms with Gasteiger partial charge in [0.2, 0.25) is 0 Å². The molecule has 0 amide bonds. The van der Waals surface area contributed by atoms with Crippen LogP contribution in [0.1, 0.15) is 5.56 Å². The topological polar surface area (TPSA) is 43.1 Å². The van der Waals surface area contributed by atoms with Crippen LogP contribution in [0.3, 0.4) is 0 Å². The highest BCUT2D eigenvalue weighted by Gasteiger charge is 2.09. The second kappa shape index (κ2) is 4.81. The Hall–Kier alpha value is -2.94. The maximum Gasteiger partial charge on any atom is 0.345 e. The highest BCUT2D eigenvalue weighted by Crippen LogP contribution is 2.23. The van der Waals surface area contributed by atoms with Gasteiger partial charge in [-0.05, 0) is 25.1 Å². The molecule has 0 saturated carbocycles. The van der Waals surface area contributed by atoms with Crippen LogP contribution in [0.5, 0.6) is 0 Å². The Bertz CT molecular complexity index is 1050. The van der Waals surface area contributed by atoms with Crippen LogP contribution >= 0.6 is 0 Å². The van der Waals surface area contributed by atoms with Gasteiger partial charge in [-0.15, -0.1) is 0 Å². The quantitative estimate of drug-likeness (QED) is 0.490. The fourth-order valence-electron chi connectivity index (χ4n) is 2.64. The first-order valence-corrected chi connectivity index (χ1v) is 7.11. The third-order valence-corrected chi connectivity index (χ3v) is 3.75. The summed E-state index contributed by atoms with van der Waals surface area (Å²) in [5.41, 5.74) is 3.19. The van der Waals surface area contributed by atoms with Crippen molar-refractivity contribution >= 4 is 21.8 Å². The number of benzene rings is 2. The average molecular weight is 287 g/mol. The van der Waals surface area contributed by atoms with Crippen LogP contribution in [-0.4, -0.2) is 4.98 Å². The third-order valence-electron chi connectivity index (χ3n) is 3.75. The van der Waals surface area contributed by atoms with Crippen LogP contribution in [-0.2, 0) is 0 Å². The maximum atomic E-state index is 12.3. The molecule has 4 aromatic rings. The number of fused-ring (bicyclic) bond motifs is 2. The molecular formula is C19H13NO2. The number of hydrogen-bond acceptors (Lipinski definition) is 3. The Morgan fingerprint density at radius 3 is 2.55 bits per heavy atom. The van der Waals surface area contributed by atoms with Crippen molar-refractivity contribution in [3.63, 3.8) is 0 Å². The van der Waals surface area contributed by atoms with Crippen LogP contribution < -0.4 is 5.63 Å². The molecule has 0 aliphatic heterocycles. The molecule has 22 heavy (non-hydrogen) atoms. The van der Waals surface area contributed by atoms with Gasteiger partial charge < -0.3 is 4.42 Å². The molecule has 3 nitrogen and oxygen atoms in total. The SMILES string of the molecule is Cc1ccc2nc3cc(-c4ccccc4)oc(=O)c3cc2c1. The lowest BCUT2D eigenvalue weighted by Crippen LogP contribution is -2.01. The van der Waals surface area contributed by atoms with Crippen LogP contribution in [0.4, 0.5) is 0 Å². The number of aryl methyl sites for hydroxylation is 1. The van der Waals surface area contributed by atoms with Crippen molar-refractivity contribution in [2.24, 2.45) is 0 Å². The summed E-state index contributed by atoms with van der Waals surface area (Å²) < 4.78 is 5.46. The van der Waals surface area contributed by atoms with Crippen molar-refractivity contribution in [2.45, 2.75) is 6.92 Å². The van der Waals surface area contributed by atoms with Crippen molar-refractivity contribution in [3.05, 3.63) is 76.6 Å². The van der Waals surface area contributed by atoms with E-state index in [9.17, 15) is 4.79 Å². The van der Waals surface area contributed by atoms with E-state index in [2.05, 4.69) is 4.98 Å². The Labute approximate surface area is 126 Å². The average Bonchev–Trinajstić information content (AvgIpc) is 2.54. The number of pyridine rings is 1. The summed E-state index contributed by atoms with van der Waals surface area (Å²) in [4.78, 5) is 16.9. The van der Waals surface area contributed by atoms with E-state index >= 15 is 0 Å². The lowest BCUT2D eigenvalue weighted by molar-refractivity contribution is 0.534. The van der Waals surface area contributed by atoms with E-state index in [0.717, 1.165) is 22.0 Å². The minimum Gasteiger partial charge on any atom is -0.422 e. The van der Waals surface area contributed by atoms with Gasteiger partial charge in [-0.1, -0.05) is 42.0 Å². The first kappa shape index (κ1) is 12.8. The molecule has 0 bridgehead atoms. The lowest BCUT2D eigenvalue weighted by Gasteiger charge is -2.04. The van der Waals surface area contributed by atoms with Gasteiger partial charge in [-0.25, -0.2) is 9.78 Å². The molecule has 2 aromatic carbocycles. The molecule has 0 saturated heterocycles. The minimum absolute atomic E-state index is 0.354. The maximum absolute atomic E-state index is 12.3. The van der Waals surface area contributed by atoms with E-state index in [1.54, 1.807) is 0 Å². The van der Waals surface area contributed by atoms with Gasteiger partial charge in [-0.2, -0.15) is 0 Å². The normalized spacial score (nSPS) is 11.1. The van der Waals surface area contributed by atoms with Gasteiger partial charge in [0.15, 0.2) is 0 Å². The molecule has 0 N–H and O–H groups in total. The van der Waals surface area contributed by atoms with Crippen LogP contribution in [0.2, 0.25) is 0 Å². The summed E-state index contributed by atoms with van der Waals surface area (Å²) in [5.74, 6) is 0.539. The number of hydrogen-bond donors (Lipinski definition) is 0. The Morgan fingerprint density at radius 2 is 1.73 bits per heavy atom. The van der Waals surface area contributed by atoms with E-state index < -0.39 is 0 Å². The van der Waals surface area contributed by atoms with Crippen LogP contribution in [0, 0.1) is 6.92 Å². The van der Waals surface area contributed by atoms with Gasteiger partial charge in [0.25, 0.3) is 0 Å². The molecule has 0 unspecified atom stereocenters. The molecule has 2 aromatic heterocycles. The largest absolute Gasteiger partial charge is 0.422 e. The van der Waals surface area contributed by atoms with E-state index in [4.69, 9.17) is 4.42 Å². The molecule has 0 aliphatic rings. The molecule has 4 rings (SSSR count). The second-order valence-corrected chi connectivity index (χ2v) is 5.38. The fraction of sp³-hybridized carbons (Fsp3) is 0.0526. The summed E-state index contributed by atoms with van der Waals surface area (Å²) in [6, 6.07) is 19.3. The van der Waals surface area contributed by atoms with Crippen molar-refractivity contribution in [1.29, 1.82) is 0 Å². The Balaban J connectivity index is 2.04. The smallest absolute Gasteiger partial charge is 0.345 e. The van der Waals surface area contributed by atoms with Crippen molar-refractivity contribution in [1.82, 2.24) is 4.98 Å². The minimum atomic E-state index is -0.354. The molecule has 0 fully saturated rings. The van der Waals surface area contributed by atoms with E-state index in [0.29, 0.717) is 16.7 Å². The fourth-order valence-corrected chi connectivity index (χ4v) is 2.64. The Morgan fingerprint density at radius 1 is 0.909 bits per heavy atom. The molecule has 0 radical (unpaired) electrons. The van der Waals surface area contributed by atoms with Crippen LogP contribution in [0.25, 0.3) is 33.1 Å². The monoisotopic (exact) mass is 287 g/mol. The van der Waals surface area contributed by atoms with E-state index in [1.807, 2.05) is 67.6 Å². The molecule has 0 atom stereocenters. The zero-order valence-corrected chi connectivity index (χ0v) is 12.0. The van der Waals surface area contributed by atoms with Gasteiger partial charge in [0.1, 0.15) is 5.76 Å². The Kier molecular flexibility index (Phi) is 2.79. The van der Waals surface area contributed by atoms with Gasteiger partial charge in [0, 0.05) is 17.0 Å². The second-order valence-electron chi connectivity index (χ2n) is 5.38. The summed E-state index contributed by atoms with van der Waals surface area (Å²) in [6.45, 7) is 2.02. The summed E-state index contributed by atoms with van der Waals surface area (Å²) in [6.07, 6.45) is 0. The highest BCUT2D eigenvalue weighted by atomic mass is 16.4. The first-order valence-electron chi connectivity index (χ1n) is 7.11. The highest BCUT2D eigenvalue weighted by molar-refractivity contribution is 5.93. The molecule has 0 aliphatic carbocycles. The molecule has 0 spiro atoms. The predicted octanol–water partition coefficient (Wildman–Crippen LogP) is 4.32. The number of nitrogens with zero attached hydrogens (tertiary/aromatic N) is 1. The van der Waals surface area contributed by atoms with Gasteiger partial charge in [0.05, 0.1) is 16.4 Å². The molecule has 2 heterocycles. The van der Waals surface area contributed by atoms with E-state index in [-0.39, 0.29) is 5.63 Å². The van der Waals surface area contributed by atoms with E-state index in [1.165, 1.54) is 0 Å². The predicted molar refractivity (Wildman–Crippen MR) is 88.0 cm³/mol. The summed E-state index contributed by atoms with van der Waals surface area (Å²) >= 11 is 0. The summed E-state index contributed by atoms with van der Waals surface area (Å²) in [5, 5.41) is 1.46. The summed E-state index contributed by atoms with van der Waals surface area (Å²) in [7, 11) is 0.